The molecule has 0 N–H and O–H groups in total. The summed E-state index contributed by atoms with van der Waals surface area (Å²) in [5.41, 5.74) is 2.95. The molecule has 0 aromatic rings. The summed E-state index contributed by atoms with van der Waals surface area (Å²) >= 11 is 10.4. The Morgan fingerprint density at radius 3 is 2.38 bits per heavy atom. The molecule has 45 valence electrons. The summed E-state index contributed by atoms with van der Waals surface area (Å²) in [5.74, 6) is 0. The molecule has 0 bridgehead atoms. The fourth-order valence-corrected chi connectivity index (χ4v) is 0.466. The molecule has 0 atom stereocenters. The van der Waals surface area contributed by atoms with Crippen molar-refractivity contribution < 1.29 is 0 Å². The third-order valence-electron chi connectivity index (χ3n) is 0.570. The summed E-state index contributed by atoms with van der Waals surface area (Å²) in [6, 6.07) is 0. The minimum absolute atomic E-state index is 0.840. The predicted molar refractivity (Wildman–Crippen MR) is 38.9 cm³/mol. The molecule has 0 nitrogen and oxygen atoms in total. The summed E-state index contributed by atoms with van der Waals surface area (Å²) < 4.78 is 0. The van der Waals surface area contributed by atoms with E-state index in [1.54, 1.807) is 6.08 Å². The lowest BCUT2D eigenvalue weighted by molar-refractivity contribution is 1.30. The van der Waals surface area contributed by atoms with Crippen LogP contribution in [0.3, 0.4) is 0 Å². The molecule has 8 heavy (non-hydrogen) atoms. The average molecular weight is 150 g/mol. The quantitative estimate of drug-likeness (QED) is 0.542. The van der Waals surface area contributed by atoms with E-state index in [1.165, 1.54) is 11.1 Å². The molecule has 0 aliphatic heterocycles. The standard InChI is InChI=1S/C6H7Cl2/c7-5-3-1-2-4-6-8/h1,3-6H,2H2. The maximum atomic E-state index is 5.22. The monoisotopic (exact) mass is 149 g/mol. The van der Waals surface area contributed by atoms with Crippen LogP contribution in [0.15, 0.2) is 23.2 Å². The van der Waals surface area contributed by atoms with Gasteiger partial charge in [0, 0.05) is 11.1 Å². The molecule has 0 saturated carbocycles. The van der Waals surface area contributed by atoms with E-state index in [-0.39, 0.29) is 0 Å². The van der Waals surface area contributed by atoms with Crippen LogP contribution in [0.1, 0.15) is 6.42 Å². The highest BCUT2D eigenvalue weighted by atomic mass is 35.5. The van der Waals surface area contributed by atoms with E-state index in [1.807, 2.05) is 12.5 Å². The number of hydrogen-bond donors (Lipinski definition) is 0. The van der Waals surface area contributed by atoms with Crippen LogP contribution < -0.4 is 0 Å². The lowest BCUT2D eigenvalue weighted by Crippen LogP contribution is -1.61. The van der Waals surface area contributed by atoms with Gasteiger partial charge in [-0.15, -0.1) is 0 Å². The van der Waals surface area contributed by atoms with Crippen molar-refractivity contribution in [2.45, 2.75) is 6.42 Å². The van der Waals surface area contributed by atoms with Crippen LogP contribution in [0.25, 0.3) is 0 Å². The van der Waals surface area contributed by atoms with Crippen molar-refractivity contribution in [3.8, 4) is 0 Å². The summed E-state index contributed by atoms with van der Waals surface area (Å²) in [5, 5.41) is 0. The van der Waals surface area contributed by atoms with E-state index < -0.39 is 0 Å². The number of rotatable bonds is 3. The van der Waals surface area contributed by atoms with Crippen molar-refractivity contribution in [1.82, 2.24) is 0 Å². The maximum Gasteiger partial charge on any atom is 0.000558 e. The molecule has 0 unspecified atom stereocenters. The van der Waals surface area contributed by atoms with Gasteiger partial charge in [0.2, 0.25) is 0 Å². The van der Waals surface area contributed by atoms with Crippen LogP contribution in [0.2, 0.25) is 0 Å². The van der Waals surface area contributed by atoms with Crippen molar-refractivity contribution >= 4 is 23.2 Å². The first kappa shape index (κ1) is 8.06. The van der Waals surface area contributed by atoms with Gasteiger partial charge in [-0.1, -0.05) is 35.4 Å². The van der Waals surface area contributed by atoms with Gasteiger partial charge in [-0.3, -0.25) is 0 Å². The van der Waals surface area contributed by atoms with Crippen molar-refractivity contribution in [2.24, 2.45) is 0 Å². The SMILES string of the molecule is ClC=C[CH]CC=CCl. The maximum absolute atomic E-state index is 5.22. The van der Waals surface area contributed by atoms with Gasteiger partial charge >= 0.3 is 0 Å². The van der Waals surface area contributed by atoms with Crippen molar-refractivity contribution in [1.29, 1.82) is 0 Å². The molecule has 0 heterocycles. The van der Waals surface area contributed by atoms with Gasteiger partial charge in [0.05, 0.1) is 0 Å². The Morgan fingerprint density at radius 1 is 1.12 bits per heavy atom. The molecular formula is C6H7Cl2. The van der Waals surface area contributed by atoms with Crippen LogP contribution in [0.5, 0.6) is 0 Å². The molecule has 0 aromatic heterocycles. The molecular weight excluding hydrogens is 143 g/mol. The van der Waals surface area contributed by atoms with Crippen molar-refractivity contribution in [3.63, 3.8) is 0 Å². The van der Waals surface area contributed by atoms with Crippen LogP contribution in [-0.2, 0) is 0 Å². The third kappa shape index (κ3) is 6.06. The number of unbranched alkanes of at least 4 members (excludes halogenated alkanes) is 1. The molecule has 0 rings (SSSR count). The first-order valence-corrected chi connectivity index (χ1v) is 3.13. The summed E-state index contributed by atoms with van der Waals surface area (Å²) in [6.07, 6.45) is 6.34. The number of hydrogen-bond acceptors (Lipinski definition) is 0. The van der Waals surface area contributed by atoms with E-state index in [2.05, 4.69) is 0 Å². The zero-order valence-corrected chi connectivity index (χ0v) is 5.86. The predicted octanol–water partition coefficient (Wildman–Crippen LogP) is 3.09. The highest BCUT2D eigenvalue weighted by Crippen LogP contribution is 1.92. The summed E-state index contributed by atoms with van der Waals surface area (Å²) in [6.45, 7) is 0. The lowest BCUT2D eigenvalue weighted by atomic mass is 10.3. The van der Waals surface area contributed by atoms with Crippen molar-refractivity contribution in [2.75, 3.05) is 0 Å². The van der Waals surface area contributed by atoms with E-state index in [4.69, 9.17) is 23.2 Å². The van der Waals surface area contributed by atoms with Crippen LogP contribution in [0, 0.1) is 6.42 Å². The summed E-state index contributed by atoms with van der Waals surface area (Å²) in [4.78, 5) is 0. The number of halogens is 2. The van der Waals surface area contributed by atoms with Crippen LogP contribution in [-0.4, -0.2) is 0 Å². The zero-order valence-electron chi connectivity index (χ0n) is 4.35. The van der Waals surface area contributed by atoms with Crippen LogP contribution >= 0.6 is 23.2 Å². The Hall–Kier alpha value is 0.0600. The highest BCUT2D eigenvalue weighted by Gasteiger charge is 1.72. The minimum Gasteiger partial charge on any atom is -0.0933 e. The Kier molecular flexibility index (Phi) is 7.11. The molecule has 0 aromatic carbocycles. The van der Waals surface area contributed by atoms with E-state index >= 15 is 0 Å². The highest BCUT2D eigenvalue weighted by molar-refractivity contribution is 6.25. The average Bonchev–Trinajstić information content (AvgIpc) is 1.81. The van der Waals surface area contributed by atoms with Gasteiger partial charge in [0.1, 0.15) is 0 Å². The molecule has 0 aliphatic carbocycles. The fourth-order valence-electron chi connectivity index (χ4n) is 0.260. The minimum atomic E-state index is 0.840. The van der Waals surface area contributed by atoms with E-state index in [0.717, 1.165) is 6.42 Å². The van der Waals surface area contributed by atoms with Gasteiger partial charge in [-0.05, 0) is 12.8 Å². The van der Waals surface area contributed by atoms with Gasteiger partial charge in [0.25, 0.3) is 0 Å². The van der Waals surface area contributed by atoms with Gasteiger partial charge in [-0.25, -0.2) is 0 Å². The van der Waals surface area contributed by atoms with E-state index in [9.17, 15) is 0 Å². The molecule has 0 saturated heterocycles. The molecule has 0 aliphatic rings. The Morgan fingerprint density at radius 2 is 1.88 bits per heavy atom. The first-order valence-electron chi connectivity index (χ1n) is 2.25. The topological polar surface area (TPSA) is 0 Å². The first-order chi connectivity index (χ1) is 3.91. The van der Waals surface area contributed by atoms with E-state index in [0.29, 0.717) is 0 Å². The Bertz CT molecular complexity index is 72.5. The smallest absolute Gasteiger partial charge is 0.000558 e. The zero-order chi connectivity index (χ0) is 6.24. The molecule has 0 spiro atoms. The van der Waals surface area contributed by atoms with Gasteiger partial charge in [0.15, 0.2) is 0 Å². The van der Waals surface area contributed by atoms with Gasteiger partial charge < -0.3 is 0 Å². The Labute approximate surface area is 59.8 Å². The third-order valence-corrected chi connectivity index (χ3v) is 0.894. The largest absolute Gasteiger partial charge is 0.0933 e. The molecule has 0 fully saturated rings. The van der Waals surface area contributed by atoms with Crippen molar-refractivity contribution in [3.05, 3.63) is 29.6 Å². The lowest BCUT2D eigenvalue weighted by Gasteiger charge is -1.79. The van der Waals surface area contributed by atoms with Gasteiger partial charge in [-0.2, -0.15) is 0 Å². The summed E-state index contributed by atoms with van der Waals surface area (Å²) in [7, 11) is 0. The normalized spacial score (nSPS) is 11.8. The second-order valence-electron chi connectivity index (χ2n) is 1.15. The molecule has 1 radical (unpaired) electrons. The Balaban J connectivity index is 2.93. The second kappa shape index (κ2) is 7.06. The molecule has 2 heteroatoms. The fraction of sp³-hybridized carbons (Fsp3) is 0.167. The second-order valence-corrected chi connectivity index (χ2v) is 1.66. The number of allylic oxidation sites excluding steroid dienone is 2. The molecule has 0 amide bonds. The van der Waals surface area contributed by atoms with Crippen LogP contribution in [0.4, 0.5) is 0 Å².